The first-order chi connectivity index (χ1) is 9.40. The molecule has 0 aliphatic heterocycles. The molecule has 0 saturated carbocycles. The van der Waals surface area contributed by atoms with Crippen LogP contribution in [0, 0.1) is 11.8 Å². The van der Waals surface area contributed by atoms with E-state index in [1.165, 1.54) is 0 Å². The molecule has 4 heteroatoms. The van der Waals surface area contributed by atoms with E-state index < -0.39 is 6.10 Å². The number of carbonyl (C=O) groups is 1. The molecule has 0 aliphatic rings. The van der Waals surface area contributed by atoms with Crippen molar-refractivity contribution in [1.29, 1.82) is 0 Å². The maximum atomic E-state index is 12.0. The number of rotatable bonds is 7. The second-order valence-corrected chi connectivity index (χ2v) is 5.75. The zero-order valence-corrected chi connectivity index (χ0v) is 12.7. The molecule has 0 aromatic heterocycles. The van der Waals surface area contributed by atoms with Crippen LogP contribution < -0.4 is 10.1 Å². The van der Waals surface area contributed by atoms with Crippen LogP contribution in [-0.4, -0.2) is 30.3 Å². The van der Waals surface area contributed by atoms with Gasteiger partial charge in [0, 0.05) is 12.1 Å². The van der Waals surface area contributed by atoms with Gasteiger partial charge in [-0.25, -0.2) is 0 Å². The van der Waals surface area contributed by atoms with Gasteiger partial charge in [-0.1, -0.05) is 33.8 Å². The van der Waals surface area contributed by atoms with Crippen molar-refractivity contribution in [1.82, 2.24) is 5.32 Å². The Labute approximate surface area is 121 Å². The molecule has 112 valence electrons. The number of hydrogen-bond acceptors (Lipinski definition) is 3. The lowest BCUT2D eigenvalue weighted by Crippen LogP contribution is -2.34. The molecular weight excluding hydrogens is 254 g/mol. The lowest BCUT2D eigenvalue weighted by molar-refractivity contribution is 0.0871. The van der Waals surface area contributed by atoms with Gasteiger partial charge in [0.15, 0.2) is 0 Å². The van der Waals surface area contributed by atoms with Crippen molar-refractivity contribution < 1.29 is 14.6 Å². The smallest absolute Gasteiger partial charge is 0.251 e. The van der Waals surface area contributed by atoms with E-state index in [9.17, 15) is 9.90 Å². The number of nitrogens with one attached hydrogen (secondary N) is 1. The number of amides is 1. The summed E-state index contributed by atoms with van der Waals surface area (Å²) in [5.74, 6) is 1.06. The van der Waals surface area contributed by atoms with Crippen molar-refractivity contribution in [2.45, 2.75) is 33.8 Å². The van der Waals surface area contributed by atoms with E-state index in [-0.39, 0.29) is 18.4 Å². The molecule has 1 rings (SSSR count). The van der Waals surface area contributed by atoms with E-state index >= 15 is 0 Å². The first kappa shape index (κ1) is 16.5. The van der Waals surface area contributed by atoms with Crippen LogP contribution in [0.1, 0.15) is 38.1 Å². The fourth-order valence-electron chi connectivity index (χ4n) is 1.53. The van der Waals surface area contributed by atoms with Crippen LogP contribution in [0.2, 0.25) is 0 Å². The minimum absolute atomic E-state index is 0.121. The van der Waals surface area contributed by atoms with Crippen LogP contribution in [0.5, 0.6) is 5.75 Å². The quantitative estimate of drug-likeness (QED) is 0.806. The van der Waals surface area contributed by atoms with Crippen LogP contribution in [0.4, 0.5) is 0 Å². The molecule has 1 aromatic rings. The van der Waals surface area contributed by atoms with Gasteiger partial charge in [0.25, 0.3) is 5.91 Å². The number of benzene rings is 1. The molecule has 0 aliphatic carbocycles. The molecule has 0 saturated heterocycles. The molecule has 0 bridgehead atoms. The molecule has 0 fully saturated rings. The Balaban J connectivity index is 2.57. The van der Waals surface area contributed by atoms with Gasteiger partial charge in [-0.2, -0.15) is 0 Å². The zero-order chi connectivity index (χ0) is 15.1. The topological polar surface area (TPSA) is 58.6 Å². The molecule has 0 spiro atoms. The zero-order valence-electron chi connectivity index (χ0n) is 12.7. The molecule has 4 nitrogen and oxygen atoms in total. The molecule has 0 heterocycles. The van der Waals surface area contributed by atoms with Crippen LogP contribution in [0.25, 0.3) is 0 Å². The average molecular weight is 279 g/mol. The summed E-state index contributed by atoms with van der Waals surface area (Å²) in [7, 11) is 0. The van der Waals surface area contributed by atoms with Gasteiger partial charge < -0.3 is 15.2 Å². The summed E-state index contributed by atoms with van der Waals surface area (Å²) in [6.45, 7) is 8.85. The maximum Gasteiger partial charge on any atom is 0.251 e. The predicted octanol–water partition coefficient (Wildman–Crippen LogP) is 2.47. The van der Waals surface area contributed by atoms with Crippen LogP contribution >= 0.6 is 0 Å². The summed E-state index contributed by atoms with van der Waals surface area (Å²) >= 11 is 0. The lowest BCUT2D eigenvalue weighted by atomic mass is 10.1. The van der Waals surface area contributed by atoms with E-state index in [1.54, 1.807) is 18.2 Å². The highest BCUT2D eigenvalue weighted by Gasteiger charge is 2.12. The SMILES string of the molecule is CC(C)COc1cccc(C(=O)NCC(O)C(C)C)c1. The summed E-state index contributed by atoms with van der Waals surface area (Å²) < 4.78 is 5.59. The molecule has 1 aromatic carbocycles. The largest absolute Gasteiger partial charge is 0.493 e. The third-order valence-corrected chi connectivity index (χ3v) is 2.92. The van der Waals surface area contributed by atoms with Crippen molar-refractivity contribution in [2.24, 2.45) is 11.8 Å². The first-order valence-electron chi connectivity index (χ1n) is 7.09. The highest BCUT2D eigenvalue weighted by molar-refractivity contribution is 5.94. The van der Waals surface area contributed by atoms with Gasteiger partial charge in [0.05, 0.1) is 12.7 Å². The molecule has 1 amide bonds. The van der Waals surface area contributed by atoms with E-state index in [1.807, 2.05) is 19.9 Å². The predicted molar refractivity (Wildman–Crippen MR) is 80.0 cm³/mol. The fourth-order valence-corrected chi connectivity index (χ4v) is 1.53. The highest BCUT2D eigenvalue weighted by atomic mass is 16.5. The van der Waals surface area contributed by atoms with Crippen molar-refractivity contribution in [2.75, 3.05) is 13.2 Å². The van der Waals surface area contributed by atoms with Gasteiger partial charge in [-0.15, -0.1) is 0 Å². The van der Waals surface area contributed by atoms with Gasteiger partial charge in [-0.3, -0.25) is 4.79 Å². The van der Waals surface area contributed by atoms with Crippen molar-refractivity contribution in [3.8, 4) is 5.75 Å². The fraction of sp³-hybridized carbons (Fsp3) is 0.562. The minimum atomic E-state index is -0.528. The Morgan fingerprint density at radius 3 is 2.60 bits per heavy atom. The first-order valence-corrected chi connectivity index (χ1v) is 7.09. The Bertz CT molecular complexity index is 429. The van der Waals surface area contributed by atoms with Crippen molar-refractivity contribution >= 4 is 5.91 Å². The summed E-state index contributed by atoms with van der Waals surface area (Å²) in [5, 5.41) is 12.4. The summed E-state index contributed by atoms with van der Waals surface area (Å²) in [6.07, 6.45) is -0.528. The number of hydrogen-bond donors (Lipinski definition) is 2. The highest BCUT2D eigenvalue weighted by Crippen LogP contribution is 2.14. The van der Waals surface area contributed by atoms with Crippen LogP contribution in [-0.2, 0) is 0 Å². The second kappa shape index (κ2) is 7.90. The number of ether oxygens (including phenoxy) is 1. The Morgan fingerprint density at radius 1 is 1.30 bits per heavy atom. The number of aliphatic hydroxyl groups is 1. The van der Waals surface area contributed by atoms with E-state index in [0.717, 1.165) is 0 Å². The van der Waals surface area contributed by atoms with Crippen molar-refractivity contribution in [3.05, 3.63) is 29.8 Å². The standard InChI is InChI=1S/C16H25NO3/c1-11(2)10-20-14-7-5-6-13(8-14)16(19)17-9-15(18)12(3)4/h5-8,11-12,15,18H,9-10H2,1-4H3,(H,17,19). The van der Waals surface area contributed by atoms with E-state index in [2.05, 4.69) is 19.2 Å². The summed E-state index contributed by atoms with van der Waals surface area (Å²) in [4.78, 5) is 12.0. The Morgan fingerprint density at radius 2 is 2.00 bits per heavy atom. The maximum absolute atomic E-state index is 12.0. The third-order valence-electron chi connectivity index (χ3n) is 2.92. The van der Waals surface area contributed by atoms with Gasteiger partial charge in [-0.05, 0) is 30.0 Å². The summed E-state index contributed by atoms with van der Waals surface area (Å²) in [6, 6.07) is 7.09. The Hall–Kier alpha value is -1.55. The van der Waals surface area contributed by atoms with E-state index in [0.29, 0.717) is 23.8 Å². The molecule has 0 radical (unpaired) electrons. The van der Waals surface area contributed by atoms with E-state index in [4.69, 9.17) is 4.74 Å². The van der Waals surface area contributed by atoms with Crippen molar-refractivity contribution in [3.63, 3.8) is 0 Å². The molecule has 1 unspecified atom stereocenters. The molecule has 20 heavy (non-hydrogen) atoms. The Kier molecular flexibility index (Phi) is 6.52. The number of carbonyl (C=O) groups excluding carboxylic acids is 1. The normalized spacial score (nSPS) is 12.6. The van der Waals surface area contributed by atoms with Gasteiger partial charge >= 0.3 is 0 Å². The molecular formula is C16H25NO3. The summed E-state index contributed by atoms with van der Waals surface area (Å²) in [5.41, 5.74) is 0.544. The third kappa shape index (κ3) is 5.61. The van der Waals surface area contributed by atoms with Crippen LogP contribution in [0.15, 0.2) is 24.3 Å². The van der Waals surface area contributed by atoms with Crippen LogP contribution in [0.3, 0.4) is 0 Å². The van der Waals surface area contributed by atoms with Gasteiger partial charge in [0.1, 0.15) is 5.75 Å². The number of aliphatic hydroxyl groups excluding tert-OH is 1. The second-order valence-electron chi connectivity index (χ2n) is 5.75. The van der Waals surface area contributed by atoms with Gasteiger partial charge in [0.2, 0.25) is 0 Å². The molecule has 1 atom stereocenters. The minimum Gasteiger partial charge on any atom is -0.493 e. The monoisotopic (exact) mass is 279 g/mol. The lowest BCUT2D eigenvalue weighted by Gasteiger charge is -2.15. The average Bonchev–Trinajstić information content (AvgIpc) is 2.42. The molecule has 2 N–H and O–H groups in total.